The third-order valence-electron chi connectivity index (χ3n) is 2.97. The van der Waals surface area contributed by atoms with Crippen LogP contribution < -0.4 is 10.1 Å². The van der Waals surface area contributed by atoms with Gasteiger partial charge in [0, 0.05) is 12.6 Å². The van der Waals surface area contributed by atoms with E-state index in [1.165, 1.54) is 7.11 Å². The first kappa shape index (κ1) is 15.3. The Morgan fingerprint density at radius 2 is 2.19 bits per heavy atom. The number of rotatable bonds is 4. The van der Waals surface area contributed by atoms with Crippen molar-refractivity contribution < 1.29 is 14.6 Å². The van der Waals surface area contributed by atoms with Gasteiger partial charge in [0.05, 0.1) is 18.4 Å². The molecular weight excluding hydrogens is 336 g/mol. The first-order valence-corrected chi connectivity index (χ1v) is 7.17. The predicted molar refractivity (Wildman–Crippen MR) is 84.5 cm³/mol. The molecule has 1 aromatic carbocycles. The third kappa shape index (κ3) is 3.33. The molecule has 2 aromatic rings. The van der Waals surface area contributed by atoms with Gasteiger partial charge in [-0.15, -0.1) is 0 Å². The standard InChI is InChI=1S/C15H15BrN2O3/c1-3-13(19)18-10-4-5-11(21-2)14(15(10)20)9-6-7-17-12(16)8-9/h4-8,20H,3H2,1-2H3,(H,18,19). The minimum atomic E-state index is -0.169. The molecule has 2 rings (SSSR count). The Balaban J connectivity index is 2.57. The quantitative estimate of drug-likeness (QED) is 0.653. The molecule has 0 saturated heterocycles. The molecule has 0 unspecified atom stereocenters. The van der Waals surface area contributed by atoms with Crippen LogP contribution in [-0.4, -0.2) is 23.1 Å². The lowest BCUT2D eigenvalue weighted by molar-refractivity contribution is -0.115. The number of nitrogens with one attached hydrogen (secondary N) is 1. The first-order valence-electron chi connectivity index (χ1n) is 6.38. The number of pyridine rings is 1. The van der Waals surface area contributed by atoms with E-state index in [0.717, 1.165) is 5.56 Å². The van der Waals surface area contributed by atoms with Gasteiger partial charge >= 0.3 is 0 Å². The van der Waals surface area contributed by atoms with E-state index < -0.39 is 0 Å². The molecule has 0 atom stereocenters. The fraction of sp³-hybridized carbons (Fsp3) is 0.200. The Kier molecular flexibility index (Phi) is 4.80. The van der Waals surface area contributed by atoms with Crippen molar-refractivity contribution in [2.24, 2.45) is 0 Å². The average Bonchev–Trinajstić information content (AvgIpc) is 2.48. The van der Waals surface area contributed by atoms with Crippen LogP contribution in [0.3, 0.4) is 0 Å². The van der Waals surface area contributed by atoms with Crippen LogP contribution in [0.15, 0.2) is 35.1 Å². The molecule has 0 aliphatic rings. The number of carbonyl (C=O) groups is 1. The lowest BCUT2D eigenvalue weighted by atomic mass is 10.0. The fourth-order valence-corrected chi connectivity index (χ4v) is 2.28. The number of ether oxygens (including phenoxy) is 1. The molecule has 0 saturated carbocycles. The topological polar surface area (TPSA) is 71.5 Å². The maximum absolute atomic E-state index is 11.5. The molecule has 0 spiro atoms. The van der Waals surface area contributed by atoms with Crippen molar-refractivity contribution in [1.82, 2.24) is 4.98 Å². The summed E-state index contributed by atoms with van der Waals surface area (Å²) >= 11 is 3.30. The van der Waals surface area contributed by atoms with Crippen molar-refractivity contribution in [1.29, 1.82) is 0 Å². The zero-order valence-corrected chi connectivity index (χ0v) is 13.3. The number of nitrogens with zero attached hydrogens (tertiary/aromatic N) is 1. The monoisotopic (exact) mass is 350 g/mol. The highest BCUT2D eigenvalue weighted by molar-refractivity contribution is 9.10. The molecule has 0 fully saturated rings. The number of aromatic hydroxyl groups is 1. The minimum Gasteiger partial charge on any atom is -0.505 e. The van der Waals surface area contributed by atoms with Crippen LogP contribution in [0.1, 0.15) is 13.3 Å². The molecule has 110 valence electrons. The van der Waals surface area contributed by atoms with Crippen molar-refractivity contribution in [3.05, 3.63) is 35.1 Å². The van der Waals surface area contributed by atoms with Crippen LogP contribution in [0, 0.1) is 0 Å². The first-order chi connectivity index (χ1) is 10.1. The smallest absolute Gasteiger partial charge is 0.224 e. The number of aromatic nitrogens is 1. The molecule has 0 radical (unpaired) electrons. The van der Waals surface area contributed by atoms with E-state index >= 15 is 0 Å². The highest BCUT2D eigenvalue weighted by atomic mass is 79.9. The highest BCUT2D eigenvalue weighted by Gasteiger charge is 2.16. The van der Waals surface area contributed by atoms with Crippen LogP contribution in [-0.2, 0) is 4.79 Å². The molecule has 5 nitrogen and oxygen atoms in total. The molecule has 0 aliphatic heterocycles. The molecular formula is C15H15BrN2O3. The van der Waals surface area contributed by atoms with Crippen LogP contribution >= 0.6 is 15.9 Å². The molecule has 0 bridgehead atoms. The van der Waals surface area contributed by atoms with Crippen molar-refractivity contribution in [3.63, 3.8) is 0 Å². The Labute approximate surface area is 131 Å². The van der Waals surface area contributed by atoms with E-state index in [1.807, 2.05) is 0 Å². The summed E-state index contributed by atoms with van der Waals surface area (Å²) in [7, 11) is 1.53. The van der Waals surface area contributed by atoms with Crippen LogP contribution in [0.5, 0.6) is 11.5 Å². The van der Waals surface area contributed by atoms with Crippen molar-refractivity contribution in [2.75, 3.05) is 12.4 Å². The van der Waals surface area contributed by atoms with E-state index in [-0.39, 0.29) is 11.7 Å². The SMILES string of the molecule is CCC(=O)Nc1ccc(OC)c(-c2ccnc(Br)c2)c1O. The number of methoxy groups -OCH3 is 1. The third-order valence-corrected chi connectivity index (χ3v) is 3.40. The molecule has 2 N–H and O–H groups in total. The second-order valence-electron chi connectivity index (χ2n) is 4.31. The predicted octanol–water partition coefficient (Wildman–Crippen LogP) is 3.57. The lowest BCUT2D eigenvalue weighted by Crippen LogP contribution is -2.09. The molecule has 0 aliphatic carbocycles. The number of amides is 1. The Morgan fingerprint density at radius 1 is 1.43 bits per heavy atom. The summed E-state index contributed by atoms with van der Waals surface area (Å²) < 4.78 is 5.94. The molecule has 21 heavy (non-hydrogen) atoms. The van der Waals surface area contributed by atoms with Crippen LogP contribution in [0.25, 0.3) is 11.1 Å². The van der Waals surface area contributed by atoms with E-state index in [4.69, 9.17) is 4.74 Å². The number of phenolic OH excluding ortho intramolecular Hbond substituents is 1. The van der Waals surface area contributed by atoms with Gasteiger partial charge in [-0.25, -0.2) is 4.98 Å². The fourth-order valence-electron chi connectivity index (χ4n) is 1.92. The summed E-state index contributed by atoms with van der Waals surface area (Å²) in [6.45, 7) is 1.75. The maximum Gasteiger partial charge on any atom is 0.224 e. The van der Waals surface area contributed by atoms with Crippen molar-refractivity contribution in [3.8, 4) is 22.6 Å². The van der Waals surface area contributed by atoms with Crippen molar-refractivity contribution >= 4 is 27.5 Å². The van der Waals surface area contributed by atoms with Gasteiger partial charge < -0.3 is 15.2 Å². The van der Waals surface area contributed by atoms with Crippen LogP contribution in [0.4, 0.5) is 5.69 Å². The summed E-state index contributed by atoms with van der Waals surface area (Å²) in [6.07, 6.45) is 1.96. The van der Waals surface area contributed by atoms with E-state index in [0.29, 0.717) is 28.0 Å². The van der Waals surface area contributed by atoms with E-state index in [2.05, 4.69) is 26.2 Å². The van der Waals surface area contributed by atoms with Gasteiger partial charge in [-0.1, -0.05) is 6.92 Å². The zero-order valence-electron chi connectivity index (χ0n) is 11.7. The van der Waals surface area contributed by atoms with Crippen LogP contribution in [0.2, 0.25) is 0 Å². The number of phenols is 1. The Hall–Kier alpha value is -2.08. The van der Waals surface area contributed by atoms with E-state index in [9.17, 15) is 9.90 Å². The second kappa shape index (κ2) is 6.58. The number of hydrogen-bond donors (Lipinski definition) is 2. The normalized spacial score (nSPS) is 10.2. The summed E-state index contributed by atoms with van der Waals surface area (Å²) in [5, 5.41) is 13.1. The maximum atomic E-state index is 11.5. The highest BCUT2D eigenvalue weighted by Crippen LogP contribution is 2.42. The number of benzene rings is 1. The van der Waals surface area contributed by atoms with Gasteiger partial charge in [0.1, 0.15) is 10.4 Å². The van der Waals surface area contributed by atoms with Gasteiger partial charge in [-0.2, -0.15) is 0 Å². The van der Waals surface area contributed by atoms with Gasteiger partial charge in [-0.05, 0) is 45.8 Å². The Bertz CT molecular complexity index is 674. The molecule has 1 heterocycles. The lowest BCUT2D eigenvalue weighted by Gasteiger charge is -2.15. The van der Waals surface area contributed by atoms with Gasteiger partial charge in [0.2, 0.25) is 5.91 Å². The minimum absolute atomic E-state index is 0.0331. The Morgan fingerprint density at radius 3 is 2.81 bits per heavy atom. The number of halogens is 1. The number of hydrogen-bond acceptors (Lipinski definition) is 4. The molecule has 1 aromatic heterocycles. The molecule has 1 amide bonds. The number of carbonyl (C=O) groups excluding carboxylic acids is 1. The summed E-state index contributed by atoms with van der Waals surface area (Å²) in [5.74, 6) is 0.312. The van der Waals surface area contributed by atoms with E-state index in [1.54, 1.807) is 37.4 Å². The number of anilines is 1. The van der Waals surface area contributed by atoms with Crippen molar-refractivity contribution in [2.45, 2.75) is 13.3 Å². The summed E-state index contributed by atoms with van der Waals surface area (Å²) in [6, 6.07) is 6.84. The van der Waals surface area contributed by atoms with Gasteiger partial charge in [0.25, 0.3) is 0 Å². The molecule has 6 heteroatoms. The zero-order chi connectivity index (χ0) is 15.4. The average molecular weight is 351 g/mol. The second-order valence-corrected chi connectivity index (χ2v) is 5.12. The summed E-state index contributed by atoms with van der Waals surface area (Å²) in [4.78, 5) is 15.6. The largest absolute Gasteiger partial charge is 0.505 e. The van der Waals surface area contributed by atoms with Gasteiger partial charge in [-0.3, -0.25) is 4.79 Å². The summed E-state index contributed by atoms with van der Waals surface area (Å²) in [5.41, 5.74) is 1.60. The van der Waals surface area contributed by atoms with Gasteiger partial charge in [0.15, 0.2) is 5.75 Å².